The minimum atomic E-state index is 0.588. The molecule has 0 aliphatic carbocycles. The molecular formula is C21H14N4. The summed E-state index contributed by atoms with van der Waals surface area (Å²) in [6.45, 7) is 0. The van der Waals surface area contributed by atoms with E-state index < -0.39 is 0 Å². The number of nitriles is 1. The van der Waals surface area contributed by atoms with Crippen LogP contribution in [-0.4, -0.2) is 15.3 Å². The highest BCUT2D eigenvalue weighted by Crippen LogP contribution is 2.24. The molecule has 0 radical (unpaired) electrons. The molecule has 0 spiro atoms. The molecule has 118 valence electrons. The van der Waals surface area contributed by atoms with Crippen molar-refractivity contribution < 1.29 is 0 Å². The van der Waals surface area contributed by atoms with Crippen LogP contribution in [-0.2, 0) is 0 Å². The first kappa shape index (κ1) is 14.9. The Bertz CT molecular complexity index is 1050. The molecule has 0 fully saturated rings. The normalized spacial score (nSPS) is 10.4. The monoisotopic (exact) mass is 322 g/mol. The van der Waals surface area contributed by atoms with E-state index in [1.54, 1.807) is 29.0 Å². The molecule has 0 atom stereocenters. The van der Waals surface area contributed by atoms with E-state index in [0.717, 1.165) is 28.0 Å². The summed E-state index contributed by atoms with van der Waals surface area (Å²) in [6.07, 6.45) is 3.50. The van der Waals surface area contributed by atoms with Crippen molar-refractivity contribution in [2.75, 3.05) is 0 Å². The quantitative estimate of drug-likeness (QED) is 0.526. The average molecular weight is 322 g/mol. The van der Waals surface area contributed by atoms with E-state index in [2.05, 4.69) is 11.2 Å². The Kier molecular flexibility index (Phi) is 3.82. The molecule has 4 nitrogen and oxygen atoms in total. The number of aliphatic imine (C=N–C) groups is 1. The maximum atomic E-state index is 9.15. The SMILES string of the molecule is N#Cc1ccn2ncc(N=C(c3ccccc3)c3ccccc3)c2c1. The van der Waals surface area contributed by atoms with Gasteiger partial charge < -0.3 is 0 Å². The highest BCUT2D eigenvalue weighted by molar-refractivity contribution is 6.14. The molecule has 0 bridgehead atoms. The summed E-state index contributed by atoms with van der Waals surface area (Å²) in [5.74, 6) is 0. The van der Waals surface area contributed by atoms with Crippen LogP contribution in [0.3, 0.4) is 0 Å². The number of pyridine rings is 1. The van der Waals surface area contributed by atoms with Crippen LogP contribution in [0.5, 0.6) is 0 Å². The second-order valence-electron chi connectivity index (χ2n) is 5.58. The fourth-order valence-electron chi connectivity index (χ4n) is 2.73. The molecule has 2 aromatic heterocycles. The molecular weight excluding hydrogens is 308 g/mol. The van der Waals surface area contributed by atoms with Gasteiger partial charge in [-0.15, -0.1) is 0 Å². The molecule has 2 heterocycles. The predicted octanol–water partition coefficient (Wildman–Crippen LogP) is 4.38. The van der Waals surface area contributed by atoms with Crippen LogP contribution in [0.15, 0.2) is 90.2 Å². The van der Waals surface area contributed by atoms with Gasteiger partial charge in [-0.1, -0.05) is 60.7 Å². The van der Waals surface area contributed by atoms with Crippen LogP contribution in [0.4, 0.5) is 5.69 Å². The number of benzene rings is 2. The molecule has 4 rings (SSSR count). The lowest BCUT2D eigenvalue weighted by Crippen LogP contribution is -2.02. The molecule has 0 saturated heterocycles. The number of nitrogens with zero attached hydrogens (tertiary/aromatic N) is 4. The van der Waals surface area contributed by atoms with Crippen molar-refractivity contribution in [2.24, 2.45) is 4.99 Å². The largest absolute Gasteiger partial charge is 0.244 e. The van der Waals surface area contributed by atoms with Gasteiger partial charge in [0.2, 0.25) is 0 Å². The van der Waals surface area contributed by atoms with Gasteiger partial charge in [0.15, 0.2) is 0 Å². The molecule has 4 heteroatoms. The smallest absolute Gasteiger partial charge is 0.110 e. The Hall–Kier alpha value is -3.71. The standard InChI is InChI=1S/C21H14N4/c22-14-16-11-12-25-20(13-16)19(15-23-25)24-21(17-7-3-1-4-8-17)18-9-5-2-6-10-18/h1-13,15H. The van der Waals surface area contributed by atoms with Gasteiger partial charge in [0.05, 0.1) is 29.1 Å². The number of hydrogen-bond donors (Lipinski definition) is 0. The number of aromatic nitrogens is 2. The van der Waals surface area contributed by atoms with Crippen molar-refractivity contribution in [1.29, 1.82) is 5.26 Å². The second-order valence-corrected chi connectivity index (χ2v) is 5.58. The number of rotatable bonds is 3. The van der Waals surface area contributed by atoms with Gasteiger partial charge in [-0.25, -0.2) is 9.51 Å². The summed E-state index contributed by atoms with van der Waals surface area (Å²) >= 11 is 0. The lowest BCUT2D eigenvalue weighted by Gasteiger charge is -2.07. The third kappa shape index (κ3) is 2.91. The van der Waals surface area contributed by atoms with E-state index in [1.807, 2.05) is 60.7 Å². The molecule has 0 aliphatic rings. The van der Waals surface area contributed by atoms with Gasteiger partial charge in [-0.2, -0.15) is 10.4 Å². The van der Waals surface area contributed by atoms with Gasteiger partial charge in [-0.3, -0.25) is 0 Å². The van der Waals surface area contributed by atoms with E-state index in [-0.39, 0.29) is 0 Å². The van der Waals surface area contributed by atoms with Crippen LogP contribution in [0.25, 0.3) is 5.52 Å². The zero-order chi connectivity index (χ0) is 17.1. The van der Waals surface area contributed by atoms with Crippen molar-refractivity contribution in [2.45, 2.75) is 0 Å². The topological polar surface area (TPSA) is 53.5 Å². The summed E-state index contributed by atoms with van der Waals surface area (Å²) < 4.78 is 1.73. The van der Waals surface area contributed by atoms with Crippen molar-refractivity contribution >= 4 is 16.9 Å². The summed E-state index contributed by atoms with van der Waals surface area (Å²) in [4.78, 5) is 4.89. The fourth-order valence-corrected chi connectivity index (χ4v) is 2.73. The molecule has 0 unspecified atom stereocenters. The first-order chi connectivity index (χ1) is 12.3. The van der Waals surface area contributed by atoms with Gasteiger partial charge >= 0.3 is 0 Å². The second kappa shape index (κ2) is 6.42. The van der Waals surface area contributed by atoms with Crippen LogP contribution >= 0.6 is 0 Å². The van der Waals surface area contributed by atoms with Crippen LogP contribution in [0.2, 0.25) is 0 Å². The first-order valence-corrected chi connectivity index (χ1v) is 7.92. The zero-order valence-corrected chi connectivity index (χ0v) is 13.4. The predicted molar refractivity (Wildman–Crippen MR) is 98.1 cm³/mol. The number of hydrogen-bond acceptors (Lipinski definition) is 3. The van der Waals surface area contributed by atoms with Crippen molar-refractivity contribution in [3.8, 4) is 6.07 Å². The van der Waals surface area contributed by atoms with E-state index >= 15 is 0 Å². The highest BCUT2D eigenvalue weighted by atomic mass is 15.2. The first-order valence-electron chi connectivity index (χ1n) is 7.92. The molecule has 0 N–H and O–H groups in total. The van der Waals surface area contributed by atoms with Gasteiger partial charge in [0.1, 0.15) is 5.69 Å². The Balaban J connectivity index is 1.93. The summed E-state index contributed by atoms with van der Waals surface area (Å²) in [7, 11) is 0. The molecule has 25 heavy (non-hydrogen) atoms. The van der Waals surface area contributed by atoms with Crippen LogP contribution in [0.1, 0.15) is 16.7 Å². The van der Waals surface area contributed by atoms with Crippen molar-refractivity contribution in [3.05, 3.63) is 102 Å². The summed E-state index contributed by atoms with van der Waals surface area (Å²) in [5.41, 5.74) is 5.07. The maximum Gasteiger partial charge on any atom is 0.110 e. The fraction of sp³-hybridized carbons (Fsp3) is 0. The molecule has 0 saturated carbocycles. The minimum absolute atomic E-state index is 0.588. The lowest BCUT2D eigenvalue weighted by molar-refractivity contribution is 0.960. The van der Waals surface area contributed by atoms with E-state index in [1.165, 1.54) is 0 Å². The minimum Gasteiger partial charge on any atom is -0.244 e. The van der Waals surface area contributed by atoms with E-state index in [9.17, 15) is 0 Å². The van der Waals surface area contributed by atoms with Crippen LogP contribution < -0.4 is 0 Å². The molecule has 4 aromatic rings. The van der Waals surface area contributed by atoms with Crippen molar-refractivity contribution in [1.82, 2.24) is 9.61 Å². The Labute approximate surface area is 145 Å². The van der Waals surface area contributed by atoms with E-state index in [4.69, 9.17) is 10.3 Å². The Morgan fingerprint density at radius 2 is 1.56 bits per heavy atom. The Morgan fingerprint density at radius 1 is 0.920 bits per heavy atom. The van der Waals surface area contributed by atoms with Gasteiger partial charge in [-0.05, 0) is 12.1 Å². The zero-order valence-electron chi connectivity index (χ0n) is 13.4. The maximum absolute atomic E-state index is 9.15. The Morgan fingerprint density at radius 3 is 2.16 bits per heavy atom. The molecule has 2 aromatic carbocycles. The molecule has 0 aliphatic heterocycles. The van der Waals surface area contributed by atoms with Gasteiger partial charge in [0.25, 0.3) is 0 Å². The van der Waals surface area contributed by atoms with Crippen LogP contribution in [0, 0.1) is 11.3 Å². The van der Waals surface area contributed by atoms with Crippen molar-refractivity contribution in [3.63, 3.8) is 0 Å². The summed E-state index contributed by atoms with van der Waals surface area (Å²) in [5, 5.41) is 13.5. The van der Waals surface area contributed by atoms with Gasteiger partial charge in [0, 0.05) is 17.3 Å². The highest BCUT2D eigenvalue weighted by Gasteiger charge is 2.10. The van der Waals surface area contributed by atoms with E-state index in [0.29, 0.717) is 5.56 Å². The third-order valence-electron chi connectivity index (χ3n) is 3.96. The third-order valence-corrected chi connectivity index (χ3v) is 3.96. The lowest BCUT2D eigenvalue weighted by atomic mass is 10.0. The molecule has 0 amide bonds. The average Bonchev–Trinajstić information content (AvgIpc) is 3.09. The number of fused-ring (bicyclic) bond motifs is 1. The summed E-state index contributed by atoms with van der Waals surface area (Å²) in [6, 6.07) is 25.8.